The first-order valence-corrected chi connectivity index (χ1v) is 9.80. The second kappa shape index (κ2) is 6.29. The average Bonchev–Trinajstić information content (AvgIpc) is 3.54. The van der Waals surface area contributed by atoms with Gasteiger partial charge in [0.1, 0.15) is 5.52 Å². The summed E-state index contributed by atoms with van der Waals surface area (Å²) in [4.78, 5) is 20.9. The Morgan fingerprint density at radius 2 is 1.90 bits per heavy atom. The van der Waals surface area contributed by atoms with E-state index in [1.54, 1.807) is 22.6 Å². The summed E-state index contributed by atoms with van der Waals surface area (Å²) in [7, 11) is 1.73. The lowest BCUT2D eigenvalue weighted by molar-refractivity contribution is -0.141. The van der Waals surface area contributed by atoms with Crippen molar-refractivity contribution in [3.63, 3.8) is 0 Å². The minimum Gasteiger partial charge on any atom is -0.294 e. The fraction of sp³-hybridized carbons (Fsp3) is 0.474. The summed E-state index contributed by atoms with van der Waals surface area (Å²) < 4.78 is 42.4. The number of fused-ring (bicyclic) bond motifs is 1. The van der Waals surface area contributed by atoms with Crippen LogP contribution in [0, 0.1) is 5.92 Å². The molecule has 0 aromatic carbocycles. The Balaban J connectivity index is 1.65. The lowest BCUT2D eigenvalue weighted by Gasteiger charge is -2.19. The molecule has 3 aromatic rings. The van der Waals surface area contributed by atoms with Gasteiger partial charge in [0, 0.05) is 25.2 Å². The van der Waals surface area contributed by atoms with E-state index in [1.807, 2.05) is 0 Å². The van der Waals surface area contributed by atoms with Crippen LogP contribution >= 0.6 is 11.6 Å². The Hall–Kier alpha value is -2.42. The van der Waals surface area contributed by atoms with Crippen LogP contribution in [0.15, 0.2) is 23.4 Å². The molecule has 0 amide bonds. The zero-order valence-corrected chi connectivity index (χ0v) is 16.2. The van der Waals surface area contributed by atoms with Crippen LogP contribution in [0.1, 0.15) is 54.6 Å². The third-order valence-corrected chi connectivity index (χ3v) is 5.92. The summed E-state index contributed by atoms with van der Waals surface area (Å²) in [6.07, 6.45) is 1.92. The molecule has 2 aliphatic carbocycles. The largest absolute Gasteiger partial charge is 0.434 e. The number of aromatic nitrogens is 5. The molecule has 3 heterocycles. The molecule has 2 saturated carbocycles. The molecule has 1 atom stereocenters. The minimum absolute atomic E-state index is 0.182. The molecular formula is C19H17ClF3N5O. The van der Waals surface area contributed by atoms with Crippen LogP contribution in [0.2, 0.25) is 5.02 Å². The van der Waals surface area contributed by atoms with Gasteiger partial charge in [0.25, 0.3) is 5.56 Å². The molecule has 1 unspecified atom stereocenters. The lowest BCUT2D eigenvalue weighted by Crippen LogP contribution is -2.19. The van der Waals surface area contributed by atoms with Gasteiger partial charge in [-0.15, -0.1) is 0 Å². The second-order valence-electron chi connectivity index (χ2n) is 7.81. The van der Waals surface area contributed by atoms with Crippen molar-refractivity contribution in [1.29, 1.82) is 0 Å². The van der Waals surface area contributed by atoms with Crippen LogP contribution in [-0.4, -0.2) is 24.3 Å². The van der Waals surface area contributed by atoms with Crippen molar-refractivity contribution in [2.24, 2.45) is 13.0 Å². The molecule has 0 bridgehead atoms. The van der Waals surface area contributed by atoms with Crippen LogP contribution in [0.3, 0.4) is 0 Å². The maximum absolute atomic E-state index is 13.0. The molecule has 152 valence electrons. The summed E-state index contributed by atoms with van der Waals surface area (Å²) in [6, 6.07) is 1.51. The predicted molar refractivity (Wildman–Crippen MR) is 99.9 cm³/mol. The fourth-order valence-corrected chi connectivity index (χ4v) is 4.25. The van der Waals surface area contributed by atoms with Crippen LogP contribution < -0.4 is 5.56 Å². The predicted octanol–water partition coefficient (Wildman–Crippen LogP) is 4.07. The first kappa shape index (κ1) is 18.6. The van der Waals surface area contributed by atoms with Gasteiger partial charge < -0.3 is 0 Å². The quantitative estimate of drug-likeness (QED) is 0.634. The summed E-state index contributed by atoms with van der Waals surface area (Å²) in [5, 5.41) is 3.97. The van der Waals surface area contributed by atoms with Crippen molar-refractivity contribution < 1.29 is 13.2 Å². The number of hydrogen-bond acceptors (Lipinski definition) is 4. The third kappa shape index (κ3) is 3.11. The van der Waals surface area contributed by atoms with E-state index in [-0.39, 0.29) is 29.0 Å². The molecule has 0 radical (unpaired) electrons. The first-order chi connectivity index (χ1) is 13.8. The number of pyridine rings is 1. The standard InChI is InChI=1S/C19H17ClF3N5O/c1-27-16(14-15(26-27)18(29)28(8-25-14)11-4-5-11)13(9-2-3-9)10-6-12(20)17(24-7-10)19(21,22)23/h6-9,11,13H,2-5H2,1H3. The van der Waals surface area contributed by atoms with Gasteiger partial charge in [0.15, 0.2) is 11.2 Å². The van der Waals surface area contributed by atoms with Gasteiger partial charge in [0.05, 0.1) is 17.0 Å². The minimum atomic E-state index is -4.61. The van der Waals surface area contributed by atoms with Crippen molar-refractivity contribution >= 4 is 22.6 Å². The Morgan fingerprint density at radius 3 is 2.48 bits per heavy atom. The van der Waals surface area contributed by atoms with E-state index >= 15 is 0 Å². The van der Waals surface area contributed by atoms with Gasteiger partial charge in [-0.3, -0.25) is 19.0 Å². The smallest absolute Gasteiger partial charge is 0.294 e. The zero-order valence-electron chi connectivity index (χ0n) is 15.4. The maximum Gasteiger partial charge on any atom is 0.434 e. The topological polar surface area (TPSA) is 65.6 Å². The van der Waals surface area contributed by atoms with Crippen LogP contribution in [0.25, 0.3) is 11.0 Å². The van der Waals surface area contributed by atoms with Crippen LogP contribution in [0.4, 0.5) is 13.2 Å². The number of aryl methyl sites for hydroxylation is 1. The van der Waals surface area contributed by atoms with Gasteiger partial charge in [-0.1, -0.05) is 11.6 Å². The van der Waals surface area contributed by atoms with E-state index in [0.29, 0.717) is 16.8 Å². The summed E-state index contributed by atoms with van der Waals surface area (Å²) >= 11 is 5.92. The van der Waals surface area contributed by atoms with Crippen molar-refractivity contribution in [1.82, 2.24) is 24.3 Å². The van der Waals surface area contributed by atoms with Crippen LogP contribution in [0.5, 0.6) is 0 Å². The monoisotopic (exact) mass is 423 g/mol. The highest BCUT2D eigenvalue weighted by Gasteiger charge is 2.40. The molecule has 0 spiro atoms. The van der Waals surface area contributed by atoms with Gasteiger partial charge in [-0.2, -0.15) is 18.3 Å². The summed E-state index contributed by atoms with van der Waals surface area (Å²) in [5.41, 5.74) is 0.773. The van der Waals surface area contributed by atoms with E-state index in [2.05, 4.69) is 15.1 Å². The second-order valence-corrected chi connectivity index (χ2v) is 8.21. The Labute approximate surface area is 168 Å². The Kier molecular flexibility index (Phi) is 4.03. The molecule has 10 heteroatoms. The molecule has 29 heavy (non-hydrogen) atoms. The van der Waals surface area contributed by atoms with Crippen molar-refractivity contribution in [2.75, 3.05) is 0 Å². The highest BCUT2D eigenvalue weighted by atomic mass is 35.5. The number of rotatable bonds is 4. The van der Waals surface area contributed by atoms with E-state index in [9.17, 15) is 18.0 Å². The highest BCUT2D eigenvalue weighted by molar-refractivity contribution is 6.31. The summed E-state index contributed by atoms with van der Waals surface area (Å²) in [6.45, 7) is 0. The van der Waals surface area contributed by atoms with E-state index in [4.69, 9.17) is 11.6 Å². The molecule has 2 fully saturated rings. The van der Waals surface area contributed by atoms with E-state index in [1.165, 1.54) is 12.3 Å². The molecule has 2 aliphatic rings. The number of halogens is 4. The summed E-state index contributed by atoms with van der Waals surface area (Å²) in [5.74, 6) is -0.0585. The SMILES string of the molecule is Cn1nc2c(=O)n(C3CC3)cnc2c1C(c1cnc(C(F)(F)F)c(Cl)c1)C1CC1. The average molecular weight is 424 g/mol. The zero-order chi connectivity index (χ0) is 20.5. The number of alkyl halides is 3. The maximum atomic E-state index is 13.0. The molecule has 0 aliphatic heterocycles. The Morgan fingerprint density at radius 1 is 1.17 bits per heavy atom. The van der Waals surface area contributed by atoms with E-state index < -0.39 is 16.9 Å². The van der Waals surface area contributed by atoms with Gasteiger partial charge in [0.2, 0.25) is 0 Å². The van der Waals surface area contributed by atoms with Gasteiger partial charge in [-0.05, 0) is 43.2 Å². The van der Waals surface area contributed by atoms with Crippen molar-refractivity contribution in [2.45, 2.75) is 43.8 Å². The molecule has 3 aromatic heterocycles. The normalized spacial score (nSPS) is 18.4. The highest BCUT2D eigenvalue weighted by Crippen LogP contribution is 2.48. The molecule has 6 nitrogen and oxygen atoms in total. The van der Waals surface area contributed by atoms with E-state index in [0.717, 1.165) is 25.7 Å². The van der Waals surface area contributed by atoms with Gasteiger partial charge in [-0.25, -0.2) is 4.98 Å². The number of nitrogens with zero attached hydrogens (tertiary/aromatic N) is 5. The van der Waals surface area contributed by atoms with Gasteiger partial charge >= 0.3 is 6.18 Å². The van der Waals surface area contributed by atoms with Crippen molar-refractivity contribution in [3.8, 4) is 0 Å². The Bertz CT molecular complexity index is 1180. The fourth-order valence-electron chi connectivity index (χ4n) is 3.97. The first-order valence-electron chi connectivity index (χ1n) is 9.42. The molecule has 5 rings (SSSR count). The van der Waals surface area contributed by atoms with Crippen molar-refractivity contribution in [3.05, 3.63) is 50.9 Å². The third-order valence-electron chi connectivity index (χ3n) is 5.63. The molecule has 0 saturated heterocycles. The lowest BCUT2D eigenvalue weighted by atomic mass is 9.91. The van der Waals surface area contributed by atoms with Crippen LogP contribution in [-0.2, 0) is 13.2 Å². The molecule has 0 N–H and O–H groups in total. The number of hydrogen-bond donors (Lipinski definition) is 0. The molecular weight excluding hydrogens is 407 g/mol.